The van der Waals surface area contributed by atoms with Gasteiger partial charge in [-0.15, -0.1) is 24.0 Å². The molecule has 5 heteroatoms. The molecule has 0 nitrogen and oxygen atoms in total. The van der Waals surface area contributed by atoms with E-state index in [1.54, 1.807) is 0 Å². The molecule has 0 amide bonds. The van der Waals surface area contributed by atoms with Crippen molar-refractivity contribution in [3.63, 3.8) is 0 Å². The molecule has 0 rings (SSSR count). The minimum absolute atomic E-state index is 0. The van der Waals surface area contributed by atoms with Gasteiger partial charge in [0.05, 0.1) is 0 Å². The molecule has 0 unspecified atom stereocenters. The zero-order valence-electron chi connectivity index (χ0n) is 2.75. The third-order valence-corrected chi connectivity index (χ3v) is 0. The van der Waals surface area contributed by atoms with Crippen LogP contribution in [0.5, 0.6) is 0 Å². The van der Waals surface area contributed by atoms with E-state index in [4.69, 9.17) is 0 Å². The molecule has 0 radical (unpaired) electrons. The van der Waals surface area contributed by atoms with Crippen LogP contribution in [0, 0.1) is 6.68 Å². The molecular weight excluding hydrogens is 261 g/mol. The first-order valence-electron chi connectivity index (χ1n) is 0.567. The summed E-state index contributed by atoms with van der Waals surface area (Å²) in [6.07, 6.45) is 0. The third kappa shape index (κ3) is 67.5. The molecule has 0 aliphatic carbocycles. The van der Waals surface area contributed by atoms with Crippen LogP contribution < -0.4 is 0 Å². The van der Waals surface area contributed by atoms with E-state index in [9.17, 15) is 13.2 Å². The van der Waals surface area contributed by atoms with Gasteiger partial charge in [0.2, 0.25) is 0 Å². The monoisotopic (exact) mass is 261 g/mol. The van der Waals surface area contributed by atoms with Crippen LogP contribution in [0.15, 0.2) is 0 Å². The van der Waals surface area contributed by atoms with Crippen LogP contribution in [-0.4, -0.2) is 0 Å². The van der Waals surface area contributed by atoms with E-state index < -0.39 is 6.68 Å². The maximum absolute atomic E-state index is 9.58. The molecule has 0 aromatic rings. The van der Waals surface area contributed by atoms with Crippen LogP contribution in [0.4, 0.5) is 13.2 Å². The maximum atomic E-state index is 9.58. The molecule has 0 heterocycles. The van der Waals surface area contributed by atoms with E-state index in [-0.39, 0.29) is 43.5 Å². The van der Waals surface area contributed by atoms with Crippen molar-refractivity contribution in [3.05, 3.63) is 6.68 Å². The molecule has 6 heavy (non-hydrogen) atoms. The Labute approximate surface area is 63.3 Å². The summed E-state index contributed by atoms with van der Waals surface area (Å²) in [6.45, 7) is -3.08. The minimum Gasteiger partial charge on any atom is -0.385 e. The van der Waals surface area contributed by atoms with Crippen molar-refractivity contribution in [2.24, 2.45) is 0 Å². The summed E-state index contributed by atoms with van der Waals surface area (Å²) in [6, 6.07) is 0. The van der Waals surface area contributed by atoms with Crippen molar-refractivity contribution in [2.75, 3.05) is 0 Å². The van der Waals surface area contributed by atoms with Gasteiger partial charge in [0.1, 0.15) is 0 Å². The van der Waals surface area contributed by atoms with E-state index in [0.29, 0.717) is 0 Å². The SMILES string of the molecule is F[C-](F)F.I.[Zn]. The second-order valence-corrected chi connectivity index (χ2v) is 0.214. The van der Waals surface area contributed by atoms with E-state index in [1.165, 1.54) is 0 Å². The molecule has 0 atom stereocenters. The third-order valence-electron chi connectivity index (χ3n) is 0. The van der Waals surface area contributed by atoms with E-state index in [1.807, 2.05) is 0 Å². The van der Waals surface area contributed by atoms with Crippen molar-refractivity contribution >= 4 is 24.0 Å². The molecule has 0 aromatic carbocycles. The molecule has 0 fully saturated rings. The van der Waals surface area contributed by atoms with Gasteiger partial charge in [-0.2, -0.15) is 0 Å². The van der Waals surface area contributed by atoms with Crippen LogP contribution in [0.1, 0.15) is 0 Å². The van der Waals surface area contributed by atoms with Gasteiger partial charge in [-0.25, -0.2) is 0 Å². The van der Waals surface area contributed by atoms with E-state index in [2.05, 4.69) is 0 Å². The Morgan fingerprint density at radius 1 is 1.00 bits per heavy atom. The molecule has 0 saturated carbocycles. The van der Waals surface area contributed by atoms with Crippen molar-refractivity contribution in [1.29, 1.82) is 0 Å². The largest absolute Gasteiger partial charge is 0.385 e. The normalized spacial score (nSPS) is 6.00. The van der Waals surface area contributed by atoms with Crippen molar-refractivity contribution in [2.45, 2.75) is 0 Å². The van der Waals surface area contributed by atoms with E-state index in [0.717, 1.165) is 0 Å². The number of rotatable bonds is 0. The fourth-order valence-electron chi connectivity index (χ4n) is 0. The van der Waals surface area contributed by atoms with Crippen LogP contribution >= 0.6 is 24.0 Å². The standard InChI is InChI=1S/CF3.HI.Zn/c2-1(3)4;;/h;1H;/q-1;;. The Morgan fingerprint density at radius 2 is 1.00 bits per heavy atom. The Bertz CT molecular complexity index is 15.5. The van der Waals surface area contributed by atoms with Crippen LogP contribution in [0.2, 0.25) is 0 Å². The van der Waals surface area contributed by atoms with Crippen LogP contribution in [0.3, 0.4) is 0 Å². The molecule has 0 bridgehead atoms. The smallest absolute Gasteiger partial charge is 0.154 e. The van der Waals surface area contributed by atoms with E-state index >= 15 is 0 Å². The Kier molecular flexibility index (Phi) is 24.8. The van der Waals surface area contributed by atoms with Gasteiger partial charge in [-0.3, -0.25) is 0 Å². The molecule has 0 saturated heterocycles. The van der Waals surface area contributed by atoms with Crippen LogP contribution in [-0.2, 0) is 19.5 Å². The molecule has 36 valence electrons. The first-order valence-corrected chi connectivity index (χ1v) is 0.567. The number of halogens is 4. The average Bonchev–Trinajstić information content (AvgIpc) is 0.811. The maximum Gasteiger partial charge on any atom is 0.154 e. The Balaban J connectivity index is -0.0000000450. The zero-order valence-corrected chi connectivity index (χ0v) is 8.05. The summed E-state index contributed by atoms with van der Waals surface area (Å²) in [5.74, 6) is 0. The van der Waals surface area contributed by atoms with Gasteiger partial charge >= 0.3 is 0 Å². The first kappa shape index (κ1) is 15.7. The van der Waals surface area contributed by atoms with Gasteiger partial charge in [0, 0.05) is 19.5 Å². The summed E-state index contributed by atoms with van der Waals surface area (Å²) in [5, 5.41) is 0. The molecule has 0 spiro atoms. The number of hydrogen-bond acceptors (Lipinski definition) is 0. The minimum atomic E-state index is -3.08. The fourth-order valence-corrected chi connectivity index (χ4v) is 0. The van der Waals surface area contributed by atoms with Gasteiger partial charge in [-0.05, 0) is 0 Å². The molecule has 0 aliphatic rings. The van der Waals surface area contributed by atoms with Gasteiger partial charge in [-0.1, -0.05) is 0 Å². The summed E-state index contributed by atoms with van der Waals surface area (Å²) in [7, 11) is 0. The molecule has 0 aromatic heterocycles. The summed E-state index contributed by atoms with van der Waals surface area (Å²) in [5.41, 5.74) is 0. The fraction of sp³-hybridized carbons (Fsp3) is 0. The average molecular weight is 262 g/mol. The quantitative estimate of drug-likeness (QED) is 0.356. The zero-order chi connectivity index (χ0) is 3.58. The summed E-state index contributed by atoms with van der Waals surface area (Å²) < 4.78 is 28.8. The Morgan fingerprint density at radius 3 is 1.00 bits per heavy atom. The topological polar surface area (TPSA) is 0 Å². The Hall–Kier alpha value is 1.14. The summed E-state index contributed by atoms with van der Waals surface area (Å²) >= 11 is 0. The van der Waals surface area contributed by atoms with Gasteiger partial charge in [0.15, 0.2) is 6.68 Å². The predicted molar refractivity (Wildman–Crippen MR) is 22.0 cm³/mol. The predicted octanol–water partition coefficient (Wildman–Crippen LogP) is 1.96. The van der Waals surface area contributed by atoms with Gasteiger partial charge in [0.25, 0.3) is 0 Å². The first-order chi connectivity index (χ1) is 1.73. The molecule has 0 aliphatic heterocycles. The molecular formula is CHF3IZn-. The summed E-state index contributed by atoms with van der Waals surface area (Å²) in [4.78, 5) is 0. The van der Waals surface area contributed by atoms with Crippen molar-refractivity contribution < 1.29 is 32.6 Å². The number of hydrogen-bond donors (Lipinski definition) is 0. The van der Waals surface area contributed by atoms with Gasteiger partial charge < -0.3 is 13.2 Å². The second kappa shape index (κ2) is 9.47. The van der Waals surface area contributed by atoms with Crippen molar-refractivity contribution in [3.8, 4) is 0 Å². The van der Waals surface area contributed by atoms with Crippen LogP contribution in [0.25, 0.3) is 0 Å². The molecule has 0 N–H and O–H groups in total. The van der Waals surface area contributed by atoms with Crippen molar-refractivity contribution in [1.82, 2.24) is 0 Å². The second-order valence-electron chi connectivity index (χ2n) is 0.214.